The second kappa shape index (κ2) is 8.48. The van der Waals surface area contributed by atoms with E-state index >= 15 is 0 Å². The zero-order chi connectivity index (χ0) is 21.0. The molecule has 0 saturated carbocycles. The average Bonchev–Trinajstić information content (AvgIpc) is 2.69. The third kappa shape index (κ3) is 5.23. The molecule has 3 aromatic rings. The van der Waals surface area contributed by atoms with Gasteiger partial charge in [0.2, 0.25) is 0 Å². The van der Waals surface area contributed by atoms with E-state index in [1.54, 1.807) is 37.3 Å². The number of aryl methyl sites for hydroxylation is 1. The van der Waals surface area contributed by atoms with Crippen LogP contribution in [0.2, 0.25) is 5.02 Å². The fraction of sp³-hybridized carbons (Fsp3) is 0.150. The lowest BCUT2D eigenvalue weighted by molar-refractivity contribution is -0.137. The number of halogens is 4. The lowest BCUT2D eigenvalue weighted by atomic mass is 10.1. The number of amides is 1. The molecule has 0 aliphatic carbocycles. The Morgan fingerprint density at radius 1 is 1.14 bits per heavy atom. The van der Waals surface area contributed by atoms with Gasteiger partial charge in [-0.15, -0.1) is 0 Å². The minimum atomic E-state index is -4.73. The van der Waals surface area contributed by atoms with E-state index in [0.29, 0.717) is 16.3 Å². The second-order valence-corrected chi connectivity index (χ2v) is 6.67. The van der Waals surface area contributed by atoms with Crippen molar-refractivity contribution in [1.29, 1.82) is 0 Å². The highest BCUT2D eigenvalue weighted by atomic mass is 35.5. The third-order valence-corrected chi connectivity index (χ3v) is 4.35. The summed E-state index contributed by atoms with van der Waals surface area (Å²) < 4.78 is 40.7. The molecule has 0 spiro atoms. The van der Waals surface area contributed by atoms with Crippen LogP contribution in [-0.4, -0.2) is 15.9 Å². The normalized spacial score (nSPS) is 11.2. The van der Waals surface area contributed by atoms with E-state index < -0.39 is 23.2 Å². The Bertz CT molecular complexity index is 1030. The Hall–Kier alpha value is -3.13. The number of hydrogen-bond donors (Lipinski definition) is 2. The summed E-state index contributed by atoms with van der Waals surface area (Å²) in [6, 6.07) is 9.11. The number of aromatic nitrogens is 2. The molecule has 0 unspecified atom stereocenters. The minimum Gasteiger partial charge on any atom is -0.348 e. The first-order valence-corrected chi connectivity index (χ1v) is 8.89. The second-order valence-electron chi connectivity index (χ2n) is 6.24. The zero-order valence-corrected chi connectivity index (χ0v) is 16.0. The number of hydrogen-bond acceptors (Lipinski definition) is 4. The van der Waals surface area contributed by atoms with Crippen molar-refractivity contribution < 1.29 is 18.0 Å². The number of alkyl halides is 3. The first-order valence-electron chi connectivity index (χ1n) is 8.51. The standard InChI is InChI=1S/C20H16ClF3N4O/c1-12-2-3-14(21)8-17(12)28-18-9-16(20(22,23)24)15(11-26-18)19(29)27-10-13-4-6-25-7-5-13/h2-9,11H,10H2,1H3,(H,26,28)(H,27,29). The fourth-order valence-electron chi connectivity index (χ4n) is 2.58. The number of pyridine rings is 2. The number of nitrogens with one attached hydrogen (secondary N) is 2. The lowest BCUT2D eigenvalue weighted by Crippen LogP contribution is -2.26. The minimum absolute atomic E-state index is 0.0478. The molecule has 29 heavy (non-hydrogen) atoms. The van der Waals surface area contributed by atoms with Gasteiger partial charge < -0.3 is 10.6 Å². The molecule has 2 aromatic heterocycles. The van der Waals surface area contributed by atoms with Gasteiger partial charge in [-0.25, -0.2) is 4.98 Å². The van der Waals surface area contributed by atoms with E-state index in [4.69, 9.17) is 11.6 Å². The SMILES string of the molecule is Cc1ccc(Cl)cc1Nc1cc(C(F)(F)F)c(C(=O)NCc2ccncc2)cn1. The number of anilines is 2. The fourth-order valence-corrected chi connectivity index (χ4v) is 2.76. The Morgan fingerprint density at radius 3 is 2.55 bits per heavy atom. The van der Waals surface area contributed by atoms with Gasteiger partial charge >= 0.3 is 6.18 Å². The summed E-state index contributed by atoms with van der Waals surface area (Å²) >= 11 is 5.94. The molecule has 0 aliphatic rings. The van der Waals surface area contributed by atoms with Gasteiger partial charge in [-0.1, -0.05) is 17.7 Å². The van der Waals surface area contributed by atoms with Gasteiger partial charge in [0.1, 0.15) is 5.82 Å². The van der Waals surface area contributed by atoms with Crippen molar-refractivity contribution >= 4 is 29.0 Å². The monoisotopic (exact) mass is 420 g/mol. The first kappa shape index (κ1) is 20.6. The molecule has 2 N–H and O–H groups in total. The van der Waals surface area contributed by atoms with Gasteiger partial charge in [-0.05, 0) is 48.4 Å². The topological polar surface area (TPSA) is 66.9 Å². The van der Waals surface area contributed by atoms with Crippen molar-refractivity contribution in [1.82, 2.24) is 15.3 Å². The quantitative estimate of drug-likeness (QED) is 0.600. The number of carbonyl (C=O) groups excluding carboxylic acids is 1. The van der Waals surface area contributed by atoms with Crippen molar-refractivity contribution in [3.8, 4) is 0 Å². The Labute approximate surface area is 170 Å². The maximum absolute atomic E-state index is 13.6. The predicted octanol–water partition coefficient (Wildman–Crippen LogP) is 5.13. The van der Waals surface area contributed by atoms with Crippen LogP contribution in [0.5, 0.6) is 0 Å². The van der Waals surface area contributed by atoms with Crippen LogP contribution in [0.4, 0.5) is 24.7 Å². The van der Waals surface area contributed by atoms with Crippen molar-refractivity contribution in [3.63, 3.8) is 0 Å². The maximum atomic E-state index is 13.6. The molecule has 5 nitrogen and oxygen atoms in total. The van der Waals surface area contributed by atoms with Crippen LogP contribution in [0, 0.1) is 6.92 Å². The third-order valence-electron chi connectivity index (χ3n) is 4.12. The Balaban J connectivity index is 1.86. The van der Waals surface area contributed by atoms with E-state index in [1.165, 1.54) is 12.4 Å². The van der Waals surface area contributed by atoms with Crippen LogP contribution >= 0.6 is 11.6 Å². The number of nitrogens with zero attached hydrogens (tertiary/aromatic N) is 2. The summed E-state index contributed by atoms with van der Waals surface area (Å²) in [6.07, 6.45) is -0.760. The van der Waals surface area contributed by atoms with Crippen LogP contribution in [0.25, 0.3) is 0 Å². The smallest absolute Gasteiger partial charge is 0.348 e. The molecule has 0 atom stereocenters. The van der Waals surface area contributed by atoms with Crippen molar-refractivity contribution in [2.75, 3.05) is 5.32 Å². The highest BCUT2D eigenvalue weighted by Crippen LogP contribution is 2.34. The van der Waals surface area contributed by atoms with E-state index in [-0.39, 0.29) is 12.4 Å². The van der Waals surface area contributed by atoms with E-state index in [9.17, 15) is 18.0 Å². The highest BCUT2D eigenvalue weighted by molar-refractivity contribution is 6.30. The molecule has 150 valence electrons. The van der Waals surface area contributed by atoms with Crippen molar-refractivity contribution in [2.24, 2.45) is 0 Å². The van der Waals surface area contributed by atoms with Crippen molar-refractivity contribution in [3.05, 3.63) is 82.3 Å². The number of rotatable bonds is 5. The van der Waals surface area contributed by atoms with E-state index in [2.05, 4.69) is 20.6 Å². The number of benzene rings is 1. The Morgan fingerprint density at radius 2 is 1.86 bits per heavy atom. The van der Waals surface area contributed by atoms with Gasteiger partial charge in [0.25, 0.3) is 5.91 Å². The maximum Gasteiger partial charge on any atom is 0.417 e. The highest BCUT2D eigenvalue weighted by Gasteiger charge is 2.36. The van der Waals surface area contributed by atoms with Crippen LogP contribution < -0.4 is 10.6 Å². The molecule has 0 saturated heterocycles. The summed E-state index contributed by atoms with van der Waals surface area (Å²) in [5.74, 6) is -0.916. The van der Waals surface area contributed by atoms with Gasteiger partial charge in [0.05, 0.1) is 11.1 Å². The molecular weight excluding hydrogens is 405 g/mol. The average molecular weight is 421 g/mol. The molecule has 0 bridgehead atoms. The van der Waals surface area contributed by atoms with E-state index in [0.717, 1.165) is 17.8 Å². The van der Waals surface area contributed by atoms with Gasteiger partial charge in [0, 0.05) is 35.8 Å². The summed E-state index contributed by atoms with van der Waals surface area (Å²) in [4.78, 5) is 20.2. The zero-order valence-electron chi connectivity index (χ0n) is 15.2. The summed E-state index contributed by atoms with van der Waals surface area (Å²) in [6.45, 7) is 1.85. The van der Waals surface area contributed by atoms with Crippen LogP contribution in [0.15, 0.2) is 55.0 Å². The van der Waals surface area contributed by atoms with Crippen LogP contribution in [0.3, 0.4) is 0 Å². The molecular formula is C20H16ClF3N4O. The molecule has 3 rings (SSSR count). The molecule has 0 fully saturated rings. The lowest BCUT2D eigenvalue weighted by Gasteiger charge is -2.15. The summed E-state index contributed by atoms with van der Waals surface area (Å²) in [5.41, 5.74) is 0.378. The molecule has 1 aromatic carbocycles. The van der Waals surface area contributed by atoms with Crippen LogP contribution in [-0.2, 0) is 12.7 Å². The van der Waals surface area contributed by atoms with Gasteiger partial charge in [0.15, 0.2) is 0 Å². The van der Waals surface area contributed by atoms with E-state index in [1.807, 2.05) is 0 Å². The van der Waals surface area contributed by atoms with Gasteiger partial charge in [-0.3, -0.25) is 9.78 Å². The predicted molar refractivity (Wildman–Crippen MR) is 104 cm³/mol. The Kier molecular flexibility index (Phi) is 6.03. The summed E-state index contributed by atoms with van der Waals surface area (Å²) in [5, 5.41) is 5.72. The van der Waals surface area contributed by atoms with Gasteiger partial charge in [-0.2, -0.15) is 13.2 Å². The molecule has 0 radical (unpaired) electrons. The van der Waals surface area contributed by atoms with Crippen molar-refractivity contribution in [2.45, 2.75) is 19.6 Å². The largest absolute Gasteiger partial charge is 0.417 e. The van der Waals surface area contributed by atoms with Crippen LogP contribution in [0.1, 0.15) is 27.0 Å². The molecule has 2 heterocycles. The first-order chi connectivity index (χ1) is 13.7. The molecule has 0 aliphatic heterocycles. The number of carbonyl (C=O) groups is 1. The molecule has 9 heteroatoms. The molecule has 1 amide bonds. The summed E-state index contributed by atoms with van der Waals surface area (Å²) in [7, 11) is 0.